The van der Waals surface area contributed by atoms with Gasteiger partial charge < -0.3 is 21.7 Å². The summed E-state index contributed by atoms with van der Waals surface area (Å²) in [4.78, 5) is 33.0. The number of allylic oxidation sites excluding steroid dienone is 1. The van der Waals surface area contributed by atoms with Crippen LogP contribution in [0.25, 0.3) is 0 Å². The van der Waals surface area contributed by atoms with Crippen LogP contribution in [0.4, 0.5) is 24.5 Å². The van der Waals surface area contributed by atoms with E-state index in [2.05, 4.69) is 32.5 Å². The SMILES string of the molecule is C=C(C#N)/N=C\C(=C/N)C(=O)NC1(C(=O)NCc2ccc(Nc3ccc(Cl)cc3C(F)(F)F)cn2)CC1. The molecule has 1 aromatic heterocycles. The number of carbonyl (C=O) groups is 2. The molecule has 3 rings (SSSR count). The Balaban J connectivity index is 1.59. The minimum atomic E-state index is -4.60. The quantitative estimate of drug-likeness (QED) is 0.220. The molecule has 0 aliphatic heterocycles. The molecule has 0 unspecified atom stereocenters. The van der Waals surface area contributed by atoms with Gasteiger partial charge in [-0.25, -0.2) is 4.99 Å². The standard InChI is InChI=1S/C24H21ClF3N7O2/c1-14(9-29)31-11-15(10-30)21(36)35-23(6-7-23)22(37)33-12-17-3-4-18(13-32-17)34-20-5-2-16(25)8-19(20)24(26,27)28/h2-5,8,10-11,13,34H,1,6-7,12,30H2,(H,33,37)(H,35,36)/b15-10+,31-11-. The summed E-state index contributed by atoms with van der Waals surface area (Å²) in [6.45, 7) is 3.39. The summed E-state index contributed by atoms with van der Waals surface area (Å²) in [6, 6.07) is 8.15. The number of anilines is 2. The van der Waals surface area contributed by atoms with Crippen molar-refractivity contribution in [3.8, 4) is 6.07 Å². The van der Waals surface area contributed by atoms with Gasteiger partial charge in [0, 0.05) is 17.4 Å². The van der Waals surface area contributed by atoms with E-state index in [1.54, 1.807) is 6.07 Å². The summed E-state index contributed by atoms with van der Waals surface area (Å²) < 4.78 is 39.9. The van der Waals surface area contributed by atoms with Crippen LogP contribution in [0.15, 0.2) is 65.6 Å². The first-order valence-electron chi connectivity index (χ1n) is 10.7. The number of alkyl halides is 3. The number of aromatic nitrogens is 1. The number of nitriles is 1. The third-order valence-electron chi connectivity index (χ3n) is 5.29. The molecule has 2 amide bonds. The van der Waals surface area contributed by atoms with E-state index in [1.165, 1.54) is 30.5 Å². The number of aliphatic imine (C=N–C) groups is 1. The number of rotatable bonds is 9. The molecule has 1 aliphatic rings. The van der Waals surface area contributed by atoms with Crippen LogP contribution in [0.3, 0.4) is 0 Å². The topological polar surface area (TPSA) is 145 Å². The Morgan fingerprint density at radius 3 is 2.59 bits per heavy atom. The first kappa shape index (κ1) is 27.2. The molecule has 9 nitrogen and oxygen atoms in total. The molecule has 5 N–H and O–H groups in total. The second kappa shape index (κ2) is 11.1. The highest BCUT2D eigenvalue weighted by Crippen LogP contribution is 2.38. The zero-order valence-electron chi connectivity index (χ0n) is 19.2. The van der Waals surface area contributed by atoms with Gasteiger partial charge in [-0.2, -0.15) is 18.4 Å². The third kappa shape index (κ3) is 7.08. The van der Waals surface area contributed by atoms with Crippen molar-refractivity contribution in [3.05, 3.63) is 76.9 Å². The van der Waals surface area contributed by atoms with Crippen LogP contribution in [-0.2, 0) is 22.3 Å². The van der Waals surface area contributed by atoms with Gasteiger partial charge in [0.15, 0.2) is 0 Å². The van der Waals surface area contributed by atoms with Gasteiger partial charge in [0.25, 0.3) is 5.91 Å². The van der Waals surface area contributed by atoms with Gasteiger partial charge in [-0.15, -0.1) is 0 Å². The maximum Gasteiger partial charge on any atom is 0.418 e. The van der Waals surface area contributed by atoms with E-state index >= 15 is 0 Å². The Labute approximate surface area is 214 Å². The maximum atomic E-state index is 13.3. The van der Waals surface area contributed by atoms with E-state index in [4.69, 9.17) is 22.6 Å². The molecule has 1 saturated carbocycles. The summed E-state index contributed by atoms with van der Waals surface area (Å²) in [5.74, 6) is -1.07. The van der Waals surface area contributed by atoms with Crippen LogP contribution in [-0.4, -0.2) is 28.6 Å². The molecule has 1 aliphatic carbocycles. The Morgan fingerprint density at radius 1 is 1.30 bits per heavy atom. The predicted octanol–water partition coefficient (Wildman–Crippen LogP) is 3.71. The van der Waals surface area contributed by atoms with Crippen molar-refractivity contribution in [1.29, 1.82) is 5.26 Å². The number of nitrogens with zero attached hydrogens (tertiary/aromatic N) is 3. The van der Waals surface area contributed by atoms with Gasteiger partial charge in [0.1, 0.15) is 17.3 Å². The van der Waals surface area contributed by atoms with Crippen LogP contribution in [0.1, 0.15) is 24.1 Å². The average molecular weight is 532 g/mol. The van der Waals surface area contributed by atoms with Crippen molar-refractivity contribution in [1.82, 2.24) is 15.6 Å². The van der Waals surface area contributed by atoms with Crippen molar-refractivity contribution >= 4 is 41.0 Å². The molecule has 192 valence electrons. The van der Waals surface area contributed by atoms with Crippen LogP contribution in [0.2, 0.25) is 5.02 Å². The largest absolute Gasteiger partial charge is 0.418 e. The first-order valence-corrected chi connectivity index (χ1v) is 11.1. The number of carbonyl (C=O) groups excluding carboxylic acids is 2. The summed E-state index contributed by atoms with van der Waals surface area (Å²) in [5, 5.41) is 16.6. The molecule has 1 heterocycles. The molecule has 2 aromatic rings. The second-order valence-corrected chi connectivity index (χ2v) is 8.44. The number of hydrogen-bond acceptors (Lipinski definition) is 7. The lowest BCUT2D eigenvalue weighted by atomic mass is 10.1. The molecular formula is C24H21ClF3N7O2. The van der Waals surface area contributed by atoms with Gasteiger partial charge in [0.2, 0.25) is 5.91 Å². The van der Waals surface area contributed by atoms with Crippen molar-refractivity contribution in [2.24, 2.45) is 10.7 Å². The zero-order valence-corrected chi connectivity index (χ0v) is 20.0. The van der Waals surface area contributed by atoms with Crippen molar-refractivity contribution in [2.45, 2.75) is 31.1 Å². The molecule has 0 radical (unpaired) electrons. The molecule has 37 heavy (non-hydrogen) atoms. The minimum absolute atomic E-state index is 0.0223. The van der Waals surface area contributed by atoms with Crippen LogP contribution < -0.4 is 21.7 Å². The van der Waals surface area contributed by atoms with E-state index in [0.29, 0.717) is 24.2 Å². The van der Waals surface area contributed by atoms with E-state index in [9.17, 15) is 22.8 Å². The monoisotopic (exact) mass is 531 g/mol. The molecule has 1 aromatic carbocycles. The second-order valence-electron chi connectivity index (χ2n) is 8.01. The number of nitrogens with one attached hydrogen (secondary N) is 3. The Morgan fingerprint density at radius 2 is 2.03 bits per heavy atom. The van der Waals surface area contributed by atoms with Crippen molar-refractivity contribution in [2.75, 3.05) is 5.32 Å². The number of amides is 2. The highest BCUT2D eigenvalue weighted by atomic mass is 35.5. The van der Waals surface area contributed by atoms with Gasteiger partial charge in [-0.3, -0.25) is 14.6 Å². The summed E-state index contributed by atoms with van der Waals surface area (Å²) in [5.41, 5.74) is 3.81. The van der Waals surface area contributed by atoms with Gasteiger partial charge in [-0.1, -0.05) is 18.2 Å². The molecule has 13 heteroatoms. The van der Waals surface area contributed by atoms with Crippen LogP contribution in [0.5, 0.6) is 0 Å². The number of nitrogens with two attached hydrogens (primary N) is 1. The van der Waals surface area contributed by atoms with E-state index < -0.39 is 29.1 Å². The molecule has 0 saturated heterocycles. The molecule has 1 fully saturated rings. The third-order valence-corrected chi connectivity index (χ3v) is 5.52. The minimum Gasteiger partial charge on any atom is -0.404 e. The molecular weight excluding hydrogens is 511 g/mol. The summed E-state index contributed by atoms with van der Waals surface area (Å²) in [6.07, 6.45) is -0.378. The van der Waals surface area contributed by atoms with Gasteiger partial charge >= 0.3 is 6.18 Å². The lowest BCUT2D eigenvalue weighted by molar-refractivity contribution is -0.137. The first-order chi connectivity index (χ1) is 17.5. The van der Waals surface area contributed by atoms with Crippen molar-refractivity contribution < 1.29 is 22.8 Å². The molecule has 0 bridgehead atoms. The highest BCUT2D eigenvalue weighted by Gasteiger charge is 2.51. The maximum absolute atomic E-state index is 13.3. The van der Waals surface area contributed by atoms with Crippen LogP contribution >= 0.6 is 11.6 Å². The highest BCUT2D eigenvalue weighted by molar-refractivity contribution is 6.30. The Hall–Kier alpha value is -4.37. The van der Waals surface area contributed by atoms with Gasteiger partial charge in [0.05, 0.1) is 40.9 Å². The smallest absolute Gasteiger partial charge is 0.404 e. The Bertz CT molecular complexity index is 1310. The lowest BCUT2D eigenvalue weighted by Crippen LogP contribution is -2.49. The number of pyridine rings is 1. The number of hydrogen-bond donors (Lipinski definition) is 4. The van der Waals surface area contributed by atoms with Crippen molar-refractivity contribution in [3.63, 3.8) is 0 Å². The zero-order chi connectivity index (χ0) is 27.2. The fourth-order valence-electron chi connectivity index (χ4n) is 3.14. The van der Waals surface area contributed by atoms with Gasteiger partial charge in [-0.05, 0) is 43.2 Å². The Kier molecular flexibility index (Phi) is 8.19. The predicted molar refractivity (Wildman–Crippen MR) is 131 cm³/mol. The number of halogens is 4. The van der Waals surface area contributed by atoms with E-state index in [0.717, 1.165) is 18.5 Å². The molecule has 0 atom stereocenters. The lowest BCUT2D eigenvalue weighted by Gasteiger charge is -2.17. The van der Waals surface area contributed by atoms with E-state index in [-0.39, 0.29) is 28.5 Å². The average Bonchev–Trinajstić information content (AvgIpc) is 3.64. The number of benzene rings is 1. The summed E-state index contributed by atoms with van der Waals surface area (Å²) >= 11 is 5.70. The fourth-order valence-corrected chi connectivity index (χ4v) is 3.31. The van der Waals surface area contributed by atoms with Crippen LogP contribution in [0, 0.1) is 11.3 Å². The fraction of sp³-hybridized carbons (Fsp3) is 0.208. The normalized spacial score (nSPS) is 14.5. The molecule has 0 spiro atoms. The van der Waals surface area contributed by atoms with E-state index in [1.807, 2.05) is 0 Å². The summed E-state index contributed by atoms with van der Waals surface area (Å²) in [7, 11) is 0.